The zero-order chi connectivity index (χ0) is 7.90. The van der Waals surface area contributed by atoms with Crippen LogP contribution in [-0.4, -0.2) is 10.1 Å². The lowest BCUT2D eigenvalue weighted by Gasteiger charge is -1.98. The largest absolute Gasteiger partial charge is 0.447 e. The average Bonchev–Trinajstić information content (AvgIpc) is 2.61. The van der Waals surface area contributed by atoms with E-state index in [1.807, 2.05) is 0 Å². The van der Waals surface area contributed by atoms with Crippen LogP contribution in [0.15, 0.2) is 10.7 Å². The van der Waals surface area contributed by atoms with Crippen molar-refractivity contribution in [3.8, 4) is 0 Å². The number of rotatable bonds is 2. The van der Waals surface area contributed by atoms with E-state index in [9.17, 15) is 5.11 Å². The molecule has 11 heavy (non-hydrogen) atoms. The monoisotopic (exact) mass is 154 g/mol. The summed E-state index contributed by atoms with van der Waals surface area (Å²) in [5.74, 6) is 0.486. The molecule has 0 amide bonds. The summed E-state index contributed by atoms with van der Waals surface area (Å²) in [5.41, 5.74) is 5.21. The number of oxazole rings is 1. The summed E-state index contributed by atoms with van der Waals surface area (Å²) in [6.45, 7) is 0.288. The minimum absolute atomic E-state index is 0.288. The summed E-state index contributed by atoms with van der Waals surface area (Å²) in [6, 6.07) is 0. The van der Waals surface area contributed by atoms with Crippen LogP contribution in [-0.2, 0) is 12.1 Å². The smallest absolute Gasteiger partial charge is 0.208 e. The number of nitrogens with zero attached hydrogens (tertiary/aromatic N) is 1. The zero-order valence-corrected chi connectivity index (χ0v) is 6.08. The standard InChI is InChI=1S/C7H10N2O2/c8-3-6-9-5(4-11-6)7(10)1-2-7/h4,10H,1-3,8H2. The number of aliphatic hydroxyl groups is 1. The minimum Gasteiger partial charge on any atom is -0.447 e. The Morgan fingerprint density at radius 3 is 2.91 bits per heavy atom. The fourth-order valence-corrected chi connectivity index (χ4v) is 0.993. The molecule has 1 saturated carbocycles. The van der Waals surface area contributed by atoms with Gasteiger partial charge in [0.2, 0.25) is 5.89 Å². The van der Waals surface area contributed by atoms with E-state index in [1.54, 1.807) is 0 Å². The first-order valence-electron chi connectivity index (χ1n) is 3.62. The molecule has 0 radical (unpaired) electrons. The molecule has 0 bridgehead atoms. The highest BCUT2D eigenvalue weighted by atomic mass is 16.3. The van der Waals surface area contributed by atoms with Gasteiger partial charge in [0.15, 0.2) is 0 Å². The summed E-state index contributed by atoms with van der Waals surface area (Å²) < 4.78 is 4.98. The minimum atomic E-state index is -0.698. The van der Waals surface area contributed by atoms with Crippen molar-refractivity contribution >= 4 is 0 Å². The third-order valence-corrected chi connectivity index (χ3v) is 1.93. The van der Waals surface area contributed by atoms with Crippen molar-refractivity contribution < 1.29 is 9.52 Å². The summed E-state index contributed by atoms with van der Waals surface area (Å²) in [6.07, 6.45) is 3.04. The summed E-state index contributed by atoms with van der Waals surface area (Å²) in [5, 5.41) is 9.55. The first-order chi connectivity index (χ1) is 5.24. The third kappa shape index (κ3) is 1.04. The van der Waals surface area contributed by atoms with Crippen LogP contribution >= 0.6 is 0 Å². The van der Waals surface area contributed by atoms with Gasteiger partial charge in [-0.15, -0.1) is 0 Å². The first kappa shape index (κ1) is 6.82. The number of aromatic nitrogens is 1. The lowest BCUT2D eigenvalue weighted by atomic mass is 10.3. The van der Waals surface area contributed by atoms with Crippen LogP contribution in [0.5, 0.6) is 0 Å². The maximum absolute atomic E-state index is 9.55. The molecule has 0 aliphatic heterocycles. The zero-order valence-electron chi connectivity index (χ0n) is 6.08. The molecule has 2 rings (SSSR count). The van der Waals surface area contributed by atoms with Crippen molar-refractivity contribution in [2.75, 3.05) is 0 Å². The quantitative estimate of drug-likeness (QED) is 0.634. The SMILES string of the molecule is NCc1nc(C2(O)CC2)co1. The van der Waals surface area contributed by atoms with Gasteiger partial charge in [0, 0.05) is 0 Å². The Kier molecular flexibility index (Phi) is 1.27. The molecule has 0 aromatic carbocycles. The van der Waals surface area contributed by atoms with E-state index in [0.717, 1.165) is 12.8 Å². The summed E-state index contributed by atoms with van der Waals surface area (Å²) >= 11 is 0. The van der Waals surface area contributed by atoms with Gasteiger partial charge in [0.25, 0.3) is 0 Å². The fraction of sp³-hybridized carbons (Fsp3) is 0.571. The lowest BCUT2D eigenvalue weighted by Crippen LogP contribution is -2.05. The fourth-order valence-electron chi connectivity index (χ4n) is 0.993. The Labute approximate surface area is 64.0 Å². The van der Waals surface area contributed by atoms with Crippen molar-refractivity contribution in [2.45, 2.75) is 25.0 Å². The second-order valence-corrected chi connectivity index (χ2v) is 2.86. The van der Waals surface area contributed by atoms with Crippen LogP contribution in [0.3, 0.4) is 0 Å². The molecule has 1 aliphatic carbocycles. The lowest BCUT2D eigenvalue weighted by molar-refractivity contribution is 0.146. The van der Waals surface area contributed by atoms with E-state index >= 15 is 0 Å². The molecular formula is C7H10N2O2. The number of hydrogen-bond acceptors (Lipinski definition) is 4. The van der Waals surface area contributed by atoms with Crippen LogP contribution in [0.1, 0.15) is 24.4 Å². The van der Waals surface area contributed by atoms with Gasteiger partial charge in [-0.2, -0.15) is 0 Å². The van der Waals surface area contributed by atoms with Gasteiger partial charge in [-0.3, -0.25) is 0 Å². The second kappa shape index (κ2) is 2.06. The second-order valence-electron chi connectivity index (χ2n) is 2.86. The molecule has 0 saturated heterocycles. The Bertz CT molecular complexity index is 265. The molecule has 1 fully saturated rings. The molecule has 1 heterocycles. The molecule has 60 valence electrons. The Hall–Kier alpha value is -0.870. The van der Waals surface area contributed by atoms with E-state index in [4.69, 9.17) is 10.2 Å². The highest BCUT2D eigenvalue weighted by molar-refractivity contribution is 5.15. The van der Waals surface area contributed by atoms with Crippen molar-refractivity contribution in [1.82, 2.24) is 4.98 Å². The van der Waals surface area contributed by atoms with E-state index in [0.29, 0.717) is 11.6 Å². The molecule has 0 spiro atoms. The van der Waals surface area contributed by atoms with Gasteiger partial charge in [-0.05, 0) is 12.8 Å². The predicted octanol–water partition coefficient (Wildman–Crippen LogP) is 0.115. The molecule has 0 unspecified atom stereocenters. The Balaban J connectivity index is 2.25. The van der Waals surface area contributed by atoms with Crippen LogP contribution in [0.25, 0.3) is 0 Å². The molecule has 3 N–H and O–H groups in total. The van der Waals surface area contributed by atoms with Crippen molar-refractivity contribution in [2.24, 2.45) is 5.73 Å². The van der Waals surface area contributed by atoms with Gasteiger partial charge >= 0.3 is 0 Å². The topological polar surface area (TPSA) is 72.3 Å². The first-order valence-corrected chi connectivity index (χ1v) is 3.62. The van der Waals surface area contributed by atoms with Gasteiger partial charge in [-0.25, -0.2) is 4.98 Å². The molecule has 0 atom stereocenters. The van der Waals surface area contributed by atoms with Crippen LogP contribution < -0.4 is 5.73 Å². The van der Waals surface area contributed by atoms with Crippen molar-refractivity contribution in [3.05, 3.63) is 17.8 Å². The Morgan fingerprint density at radius 2 is 2.45 bits per heavy atom. The summed E-state index contributed by atoms with van der Waals surface area (Å²) in [4.78, 5) is 4.02. The van der Waals surface area contributed by atoms with Gasteiger partial charge in [0.1, 0.15) is 17.6 Å². The van der Waals surface area contributed by atoms with E-state index < -0.39 is 5.60 Å². The molecule has 1 aromatic rings. The van der Waals surface area contributed by atoms with Crippen LogP contribution in [0.4, 0.5) is 0 Å². The average molecular weight is 154 g/mol. The number of hydrogen-bond donors (Lipinski definition) is 2. The molecule has 1 aliphatic rings. The van der Waals surface area contributed by atoms with Crippen LogP contribution in [0.2, 0.25) is 0 Å². The van der Waals surface area contributed by atoms with Crippen molar-refractivity contribution in [1.29, 1.82) is 0 Å². The molecule has 1 aromatic heterocycles. The van der Waals surface area contributed by atoms with E-state index in [1.165, 1.54) is 6.26 Å². The van der Waals surface area contributed by atoms with Gasteiger partial charge in [0.05, 0.1) is 6.54 Å². The van der Waals surface area contributed by atoms with Gasteiger partial charge in [-0.1, -0.05) is 0 Å². The Morgan fingerprint density at radius 1 is 1.73 bits per heavy atom. The van der Waals surface area contributed by atoms with E-state index in [2.05, 4.69) is 4.98 Å². The molecular weight excluding hydrogens is 144 g/mol. The normalized spacial score (nSPS) is 20.2. The maximum Gasteiger partial charge on any atom is 0.208 e. The van der Waals surface area contributed by atoms with Crippen molar-refractivity contribution in [3.63, 3.8) is 0 Å². The molecule has 4 heteroatoms. The van der Waals surface area contributed by atoms with Crippen LogP contribution in [0, 0.1) is 0 Å². The third-order valence-electron chi connectivity index (χ3n) is 1.93. The highest BCUT2D eigenvalue weighted by Crippen LogP contribution is 2.44. The predicted molar refractivity (Wildman–Crippen MR) is 37.5 cm³/mol. The van der Waals surface area contributed by atoms with Gasteiger partial charge < -0.3 is 15.3 Å². The number of nitrogens with two attached hydrogens (primary N) is 1. The highest BCUT2D eigenvalue weighted by Gasteiger charge is 2.44. The summed E-state index contributed by atoms with van der Waals surface area (Å²) in [7, 11) is 0. The van der Waals surface area contributed by atoms with E-state index in [-0.39, 0.29) is 6.54 Å². The molecule has 4 nitrogen and oxygen atoms in total. The maximum atomic E-state index is 9.55.